The Hall–Kier alpha value is -3.86. The minimum absolute atomic E-state index is 0.0561. The number of fused-ring (bicyclic) bond motifs is 2. The minimum Gasteiger partial charge on any atom is -0.495 e. The van der Waals surface area contributed by atoms with Crippen LogP contribution in [0.3, 0.4) is 0 Å². The van der Waals surface area contributed by atoms with Crippen LogP contribution in [0, 0.1) is 25.2 Å². The molecule has 2 aliphatic heterocycles. The summed E-state index contributed by atoms with van der Waals surface area (Å²) >= 11 is 0. The number of anilines is 2. The highest BCUT2D eigenvalue weighted by Crippen LogP contribution is 2.38. The van der Waals surface area contributed by atoms with Crippen molar-refractivity contribution in [2.24, 2.45) is 0 Å². The van der Waals surface area contributed by atoms with Crippen molar-refractivity contribution in [3.63, 3.8) is 0 Å². The summed E-state index contributed by atoms with van der Waals surface area (Å²) in [5, 5.41) is 13.9. The van der Waals surface area contributed by atoms with E-state index in [4.69, 9.17) is 9.72 Å². The first-order valence-electron chi connectivity index (χ1n) is 12.1. The van der Waals surface area contributed by atoms with Crippen molar-refractivity contribution in [2.75, 3.05) is 37.0 Å². The van der Waals surface area contributed by atoms with Crippen LogP contribution >= 0.6 is 0 Å². The number of nitrogens with zero attached hydrogens (tertiary/aromatic N) is 5. The number of rotatable bonds is 5. The number of amides is 1. The molecule has 2 atom stereocenters. The van der Waals surface area contributed by atoms with E-state index in [0.717, 1.165) is 65.3 Å². The van der Waals surface area contributed by atoms with Gasteiger partial charge in [0.05, 0.1) is 36.0 Å². The van der Waals surface area contributed by atoms with Gasteiger partial charge in [0.25, 0.3) is 0 Å². The number of benzene rings is 2. The van der Waals surface area contributed by atoms with E-state index in [1.54, 1.807) is 7.11 Å². The highest BCUT2D eigenvalue weighted by atomic mass is 16.5. The van der Waals surface area contributed by atoms with Gasteiger partial charge in [0.15, 0.2) is 0 Å². The Morgan fingerprint density at radius 2 is 2.06 bits per heavy atom. The molecule has 3 heterocycles. The van der Waals surface area contributed by atoms with Crippen LogP contribution in [0.15, 0.2) is 30.3 Å². The molecule has 0 saturated carbocycles. The molecular formula is C27H30N6O2. The lowest BCUT2D eigenvalue weighted by atomic mass is 9.98. The van der Waals surface area contributed by atoms with E-state index in [-0.39, 0.29) is 18.0 Å². The van der Waals surface area contributed by atoms with Gasteiger partial charge >= 0.3 is 0 Å². The molecule has 0 bridgehead atoms. The van der Waals surface area contributed by atoms with E-state index in [1.165, 1.54) is 0 Å². The van der Waals surface area contributed by atoms with Crippen molar-refractivity contribution in [3.8, 4) is 11.8 Å². The fraction of sp³-hybridized carbons (Fsp3) is 0.407. The molecule has 180 valence electrons. The van der Waals surface area contributed by atoms with Crippen LogP contribution in [-0.2, 0) is 4.79 Å². The molecule has 2 saturated heterocycles. The quantitative estimate of drug-likeness (QED) is 0.600. The molecule has 1 aromatic heterocycles. The third kappa shape index (κ3) is 4.12. The molecule has 0 aliphatic carbocycles. The summed E-state index contributed by atoms with van der Waals surface area (Å²) in [7, 11) is 1.68. The number of nitrogens with one attached hydrogen (secondary N) is 1. The predicted molar refractivity (Wildman–Crippen MR) is 136 cm³/mol. The summed E-state index contributed by atoms with van der Waals surface area (Å²) in [4.78, 5) is 25.9. The van der Waals surface area contributed by atoms with Crippen molar-refractivity contribution < 1.29 is 9.53 Å². The zero-order valence-electron chi connectivity index (χ0n) is 20.6. The monoisotopic (exact) mass is 470 g/mol. The van der Waals surface area contributed by atoms with E-state index < -0.39 is 0 Å². The number of aryl methyl sites for hydroxylation is 1. The molecule has 2 fully saturated rings. The Kier molecular flexibility index (Phi) is 5.93. The second-order valence-corrected chi connectivity index (χ2v) is 9.38. The topological polar surface area (TPSA) is 94.4 Å². The van der Waals surface area contributed by atoms with Crippen molar-refractivity contribution in [1.82, 2.24) is 14.9 Å². The van der Waals surface area contributed by atoms with Gasteiger partial charge in [-0.25, -0.2) is 9.97 Å². The van der Waals surface area contributed by atoms with E-state index in [0.29, 0.717) is 17.8 Å². The maximum Gasteiger partial charge on any atom is 0.223 e. The number of hydrogen-bond donors (Lipinski definition) is 1. The largest absolute Gasteiger partial charge is 0.495 e. The molecule has 5 rings (SSSR count). The van der Waals surface area contributed by atoms with Gasteiger partial charge in [0.1, 0.15) is 17.4 Å². The van der Waals surface area contributed by atoms with Crippen molar-refractivity contribution in [2.45, 2.75) is 45.7 Å². The predicted octanol–water partition coefficient (Wildman–Crippen LogP) is 4.11. The average Bonchev–Trinajstić information content (AvgIpc) is 3.23. The van der Waals surface area contributed by atoms with Crippen molar-refractivity contribution >= 4 is 28.3 Å². The van der Waals surface area contributed by atoms with Crippen molar-refractivity contribution in [3.05, 3.63) is 52.8 Å². The first-order valence-corrected chi connectivity index (χ1v) is 12.1. The van der Waals surface area contributed by atoms with Gasteiger partial charge in [-0.1, -0.05) is 12.1 Å². The standard InChI is InChI=1S/C27H30N6O2/c1-16-19(14-28)6-5-7-21(16)17(2)29-27-22-12-24(25(35-4)13-23(22)30-18(3)31-27)32-10-11-33-20(15-32)8-9-26(33)34/h5-7,12-13,17,20H,8-11,15H2,1-4H3,(H,29,30,31). The van der Waals surface area contributed by atoms with Gasteiger partial charge in [0, 0.05) is 43.5 Å². The zero-order chi connectivity index (χ0) is 24.7. The number of aromatic nitrogens is 2. The number of ether oxygens (including phenoxy) is 1. The van der Waals surface area contributed by atoms with E-state index >= 15 is 0 Å². The molecule has 3 aromatic rings. The first-order chi connectivity index (χ1) is 16.9. The molecule has 1 N–H and O–H groups in total. The van der Waals surface area contributed by atoms with Gasteiger partial charge in [-0.15, -0.1) is 0 Å². The summed E-state index contributed by atoms with van der Waals surface area (Å²) in [5.41, 5.74) is 4.51. The van der Waals surface area contributed by atoms with Gasteiger partial charge < -0.3 is 19.9 Å². The number of piperazine rings is 1. The number of methoxy groups -OCH3 is 1. The minimum atomic E-state index is -0.0561. The second-order valence-electron chi connectivity index (χ2n) is 9.38. The number of nitriles is 1. The van der Waals surface area contributed by atoms with Crippen LogP contribution in [0.25, 0.3) is 10.9 Å². The molecule has 0 spiro atoms. The molecule has 2 aliphatic rings. The van der Waals surface area contributed by atoms with Crippen LogP contribution < -0.4 is 15.0 Å². The van der Waals surface area contributed by atoms with Crippen LogP contribution in [0.4, 0.5) is 11.5 Å². The summed E-state index contributed by atoms with van der Waals surface area (Å²) < 4.78 is 5.78. The van der Waals surface area contributed by atoms with Gasteiger partial charge in [0.2, 0.25) is 5.91 Å². The lowest BCUT2D eigenvalue weighted by Crippen LogP contribution is -2.51. The highest BCUT2D eigenvalue weighted by molar-refractivity contribution is 5.94. The molecular weight excluding hydrogens is 440 g/mol. The Balaban J connectivity index is 1.53. The smallest absolute Gasteiger partial charge is 0.223 e. The Morgan fingerprint density at radius 1 is 1.23 bits per heavy atom. The molecule has 0 radical (unpaired) electrons. The third-order valence-electron chi connectivity index (χ3n) is 7.26. The number of hydrogen-bond acceptors (Lipinski definition) is 7. The maximum absolute atomic E-state index is 12.2. The fourth-order valence-electron chi connectivity index (χ4n) is 5.39. The van der Waals surface area contributed by atoms with Crippen LogP contribution in [0.5, 0.6) is 5.75 Å². The molecule has 2 unspecified atom stereocenters. The molecule has 8 heteroatoms. The SMILES string of the molecule is COc1cc2nc(C)nc(NC(C)c3cccc(C#N)c3C)c2cc1N1CCN2C(=O)CCC2C1. The Labute approximate surface area is 205 Å². The summed E-state index contributed by atoms with van der Waals surface area (Å²) in [6.45, 7) is 8.22. The lowest BCUT2D eigenvalue weighted by molar-refractivity contribution is -0.129. The Morgan fingerprint density at radius 3 is 2.83 bits per heavy atom. The molecule has 1 amide bonds. The Bertz CT molecular complexity index is 1350. The summed E-state index contributed by atoms with van der Waals surface area (Å²) in [5.74, 6) is 2.45. The van der Waals surface area contributed by atoms with Crippen LogP contribution in [-0.4, -0.2) is 53.6 Å². The summed E-state index contributed by atoms with van der Waals surface area (Å²) in [6.07, 6.45) is 1.54. The van der Waals surface area contributed by atoms with Gasteiger partial charge in [-0.05, 0) is 50.5 Å². The first kappa shape index (κ1) is 22.9. The van der Waals surface area contributed by atoms with Crippen LogP contribution in [0.1, 0.15) is 48.3 Å². The normalized spacial score (nSPS) is 18.4. The molecule has 35 heavy (non-hydrogen) atoms. The maximum atomic E-state index is 12.2. The van der Waals surface area contributed by atoms with Gasteiger partial charge in [-0.2, -0.15) is 5.26 Å². The van der Waals surface area contributed by atoms with Crippen molar-refractivity contribution in [1.29, 1.82) is 5.26 Å². The van der Waals surface area contributed by atoms with E-state index in [1.807, 2.05) is 43.0 Å². The average molecular weight is 471 g/mol. The van der Waals surface area contributed by atoms with Gasteiger partial charge in [-0.3, -0.25) is 4.79 Å². The second kappa shape index (κ2) is 9.06. The highest BCUT2D eigenvalue weighted by Gasteiger charge is 2.36. The summed E-state index contributed by atoms with van der Waals surface area (Å²) in [6, 6.07) is 12.3. The van der Waals surface area contributed by atoms with Crippen LogP contribution in [0.2, 0.25) is 0 Å². The zero-order valence-corrected chi connectivity index (χ0v) is 20.6. The number of carbonyl (C=O) groups excluding carboxylic acids is 1. The van der Waals surface area contributed by atoms with E-state index in [2.05, 4.69) is 34.3 Å². The number of carbonyl (C=O) groups is 1. The lowest BCUT2D eigenvalue weighted by Gasteiger charge is -2.39. The van der Waals surface area contributed by atoms with E-state index in [9.17, 15) is 10.1 Å². The molecule has 8 nitrogen and oxygen atoms in total. The molecule has 2 aromatic carbocycles. The fourth-order valence-corrected chi connectivity index (χ4v) is 5.39. The third-order valence-corrected chi connectivity index (χ3v) is 7.26.